The van der Waals surface area contributed by atoms with Gasteiger partial charge in [-0.25, -0.2) is 0 Å². The minimum Gasteiger partial charge on any atom is -0.481 e. The summed E-state index contributed by atoms with van der Waals surface area (Å²) in [5.74, 6) is 0.546. The Labute approximate surface area is 103 Å². The van der Waals surface area contributed by atoms with Gasteiger partial charge in [0, 0.05) is 0 Å². The molecule has 94 valence electrons. The summed E-state index contributed by atoms with van der Waals surface area (Å²) in [6.07, 6.45) is 11.8. The van der Waals surface area contributed by atoms with E-state index in [-0.39, 0.29) is 0 Å². The van der Waals surface area contributed by atoms with E-state index in [0.717, 1.165) is 44.3 Å². The molecule has 0 amide bonds. The zero-order valence-corrected chi connectivity index (χ0v) is 11.2. The second kappa shape index (κ2) is 7.21. The van der Waals surface area contributed by atoms with Crippen LogP contribution in [0.15, 0.2) is 0 Å². The van der Waals surface area contributed by atoms with Gasteiger partial charge in [0.1, 0.15) is 0 Å². The van der Waals surface area contributed by atoms with Crippen molar-refractivity contribution in [2.24, 2.45) is 5.41 Å². The number of aliphatic carboxylic acids is 1. The lowest BCUT2D eigenvalue weighted by Crippen LogP contribution is -2.32. The molecule has 0 radical (unpaired) electrons. The standard InChI is InChI=1S/C13H24O2S/c1-16-11-7-10-13(12(14)15)8-5-3-2-4-6-9-13/h2-11H2,1H3,(H,14,15). The summed E-state index contributed by atoms with van der Waals surface area (Å²) >= 11 is 1.82. The fraction of sp³-hybridized carbons (Fsp3) is 0.923. The number of hydrogen-bond donors (Lipinski definition) is 1. The van der Waals surface area contributed by atoms with Crippen LogP contribution in [0.4, 0.5) is 0 Å². The molecule has 1 N–H and O–H groups in total. The van der Waals surface area contributed by atoms with Gasteiger partial charge in [0.25, 0.3) is 0 Å². The molecule has 0 heterocycles. The predicted molar refractivity (Wildman–Crippen MR) is 70.0 cm³/mol. The number of carbonyl (C=O) groups is 1. The third-order valence-corrected chi connectivity index (χ3v) is 4.47. The lowest BCUT2D eigenvalue weighted by Gasteiger charge is -2.31. The minimum absolute atomic E-state index is 0.393. The van der Waals surface area contributed by atoms with Gasteiger partial charge in [-0.15, -0.1) is 0 Å². The van der Waals surface area contributed by atoms with E-state index >= 15 is 0 Å². The molecule has 1 rings (SSSR count). The second-order valence-corrected chi connectivity index (χ2v) is 5.94. The number of hydrogen-bond acceptors (Lipinski definition) is 2. The van der Waals surface area contributed by atoms with Gasteiger partial charge in [-0.2, -0.15) is 11.8 Å². The molecule has 0 unspecified atom stereocenters. The monoisotopic (exact) mass is 244 g/mol. The Balaban J connectivity index is 2.56. The smallest absolute Gasteiger partial charge is 0.309 e. The zero-order valence-electron chi connectivity index (χ0n) is 10.3. The second-order valence-electron chi connectivity index (χ2n) is 4.95. The SMILES string of the molecule is CSCCCC1(C(=O)O)CCCCCCC1. The van der Waals surface area contributed by atoms with Crippen molar-refractivity contribution in [1.82, 2.24) is 0 Å². The van der Waals surface area contributed by atoms with Crippen LogP contribution in [-0.2, 0) is 4.79 Å². The Bertz CT molecular complexity index is 208. The molecular formula is C13H24O2S. The van der Waals surface area contributed by atoms with Crippen LogP contribution >= 0.6 is 11.8 Å². The van der Waals surface area contributed by atoms with Crippen LogP contribution in [0.1, 0.15) is 57.8 Å². The summed E-state index contributed by atoms with van der Waals surface area (Å²) in [6, 6.07) is 0. The number of thioether (sulfide) groups is 1. The molecule has 1 saturated carbocycles. The van der Waals surface area contributed by atoms with Crippen molar-refractivity contribution in [2.45, 2.75) is 57.8 Å². The quantitative estimate of drug-likeness (QED) is 0.744. The average Bonchev–Trinajstić information content (AvgIpc) is 2.21. The highest BCUT2D eigenvalue weighted by molar-refractivity contribution is 7.98. The molecule has 0 saturated heterocycles. The van der Waals surface area contributed by atoms with Crippen LogP contribution in [0, 0.1) is 5.41 Å². The van der Waals surface area contributed by atoms with Gasteiger partial charge < -0.3 is 5.11 Å². The Hall–Kier alpha value is -0.180. The summed E-state index contributed by atoms with van der Waals surface area (Å²) in [5, 5.41) is 9.50. The molecule has 0 aliphatic heterocycles. The normalized spacial score (nSPS) is 21.1. The van der Waals surface area contributed by atoms with Crippen LogP contribution in [0.5, 0.6) is 0 Å². The highest BCUT2D eigenvalue weighted by Gasteiger charge is 2.37. The minimum atomic E-state index is -0.546. The first-order valence-corrected chi connectivity index (χ1v) is 7.83. The van der Waals surface area contributed by atoms with Crippen molar-refractivity contribution in [2.75, 3.05) is 12.0 Å². The maximum absolute atomic E-state index is 11.5. The molecule has 0 atom stereocenters. The van der Waals surface area contributed by atoms with E-state index in [1.54, 1.807) is 0 Å². The molecular weight excluding hydrogens is 220 g/mol. The average molecular weight is 244 g/mol. The molecule has 1 aliphatic carbocycles. The third-order valence-electron chi connectivity index (χ3n) is 3.77. The van der Waals surface area contributed by atoms with Crippen LogP contribution < -0.4 is 0 Å². The van der Waals surface area contributed by atoms with Gasteiger partial charge in [-0.05, 0) is 37.7 Å². The maximum atomic E-state index is 11.5. The van der Waals surface area contributed by atoms with E-state index in [1.807, 2.05) is 11.8 Å². The topological polar surface area (TPSA) is 37.3 Å². The molecule has 0 aromatic carbocycles. The van der Waals surface area contributed by atoms with Gasteiger partial charge in [-0.1, -0.05) is 32.1 Å². The zero-order chi connectivity index (χ0) is 11.9. The van der Waals surface area contributed by atoms with Crippen molar-refractivity contribution in [1.29, 1.82) is 0 Å². The highest BCUT2D eigenvalue weighted by Crippen LogP contribution is 2.38. The number of carboxylic acids is 1. The first-order chi connectivity index (χ1) is 7.71. The molecule has 0 bridgehead atoms. The molecule has 0 spiro atoms. The molecule has 2 nitrogen and oxygen atoms in total. The Kier molecular flexibility index (Phi) is 6.25. The van der Waals surface area contributed by atoms with Crippen LogP contribution in [-0.4, -0.2) is 23.1 Å². The molecule has 16 heavy (non-hydrogen) atoms. The summed E-state index contributed by atoms with van der Waals surface area (Å²) < 4.78 is 0. The Morgan fingerprint density at radius 1 is 1.19 bits per heavy atom. The van der Waals surface area contributed by atoms with E-state index in [2.05, 4.69) is 6.26 Å². The third kappa shape index (κ3) is 4.00. The summed E-state index contributed by atoms with van der Waals surface area (Å²) in [4.78, 5) is 11.5. The highest BCUT2D eigenvalue weighted by atomic mass is 32.2. The fourth-order valence-corrected chi connectivity index (χ4v) is 3.14. The largest absolute Gasteiger partial charge is 0.481 e. The Morgan fingerprint density at radius 2 is 1.75 bits per heavy atom. The molecule has 3 heteroatoms. The Morgan fingerprint density at radius 3 is 2.25 bits per heavy atom. The van der Waals surface area contributed by atoms with Gasteiger partial charge in [0.15, 0.2) is 0 Å². The first kappa shape index (κ1) is 13.9. The van der Waals surface area contributed by atoms with E-state index < -0.39 is 11.4 Å². The number of carboxylic acid groups (broad SMARTS) is 1. The van der Waals surface area contributed by atoms with Gasteiger partial charge in [-0.3, -0.25) is 4.79 Å². The van der Waals surface area contributed by atoms with Crippen LogP contribution in [0.3, 0.4) is 0 Å². The van der Waals surface area contributed by atoms with Crippen molar-refractivity contribution in [3.05, 3.63) is 0 Å². The van der Waals surface area contributed by atoms with Crippen molar-refractivity contribution >= 4 is 17.7 Å². The molecule has 1 fully saturated rings. The van der Waals surface area contributed by atoms with Crippen LogP contribution in [0.2, 0.25) is 0 Å². The first-order valence-electron chi connectivity index (χ1n) is 6.44. The van der Waals surface area contributed by atoms with E-state index in [1.165, 1.54) is 19.3 Å². The lowest BCUT2D eigenvalue weighted by atomic mass is 9.73. The molecule has 1 aliphatic rings. The summed E-state index contributed by atoms with van der Waals surface area (Å²) in [7, 11) is 0. The van der Waals surface area contributed by atoms with Crippen molar-refractivity contribution in [3.8, 4) is 0 Å². The van der Waals surface area contributed by atoms with Gasteiger partial charge in [0.2, 0.25) is 0 Å². The van der Waals surface area contributed by atoms with E-state index in [0.29, 0.717) is 0 Å². The van der Waals surface area contributed by atoms with Crippen LogP contribution in [0.25, 0.3) is 0 Å². The molecule has 0 aromatic rings. The number of rotatable bonds is 5. The summed E-state index contributed by atoms with van der Waals surface area (Å²) in [6.45, 7) is 0. The van der Waals surface area contributed by atoms with E-state index in [4.69, 9.17) is 0 Å². The van der Waals surface area contributed by atoms with E-state index in [9.17, 15) is 9.90 Å². The predicted octanol–water partition coefficient (Wildman–Crippen LogP) is 3.94. The molecule has 0 aromatic heterocycles. The lowest BCUT2D eigenvalue weighted by molar-refractivity contribution is -0.151. The van der Waals surface area contributed by atoms with Crippen molar-refractivity contribution in [3.63, 3.8) is 0 Å². The fourth-order valence-electron chi connectivity index (χ4n) is 2.71. The van der Waals surface area contributed by atoms with Gasteiger partial charge >= 0.3 is 5.97 Å². The van der Waals surface area contributed by atoms with Crippen molar-refractivity contribution < 1.29 is 9.90 Å². The maximum Gasteiger partial charge on any atom is 0.309 e. The van der Waals surface area contributed by atoms with Gasteiger partial charge in [0.05, 0.1) is 5.41 Å². The summed E-state index contributed by atoms with van der Waals surface area (Å²) in [5.41, 5.74) is -0.393.